The number of fused-ring (bicyclic) bond motifs is 1. The van der Waals surface area contributed by atoms with E-state index < -0.39 is 21.8 Å². The van der Waals surface area contributed by atoms with Crippen LogP contribution in [0.2, 0.25) is 0 Å². The van der Waals surface area contributed by atoms with Crippen LogP contribution in [0.4, 0.5) is 4.79 Å². The summed E-state index contributed by atoms with van der Waals surface area (Å²) in [6, 6.07) is 12.6. The number of aliphatic hydroxyl groups is 1. The number of hydrogen-bond donors (Lipinski definition) is 3. The molecule has 2 aromatic carbocycles. The SMILES string of the molecule is Cc1cc(CO)ccc1-c1cc2ccc(S(=O)(=O)NC3CCC(C(=O)N4CCN(OC(=O)OC(C)(C)C)CC4)CC3)cc2[nH]1. The lowest BCUT2D eigenvalue weighted by atomic mass is 9.85. The molecule has 0 radical (unpaired) electrons. The summed E-state index contributed by atoms with van der Waals surface area (Å²) in [7, 11) is -3.76. The molecule has 1 aliphatic heterocycles. The molecule has 0 atom stereocenters. The first-order valence-electron chi connectivity index (χ1n) is 15.1. The van der Waals surface area contributed by atoms with E-state index in [0.717, 1.165) is 33.3 Å². The van der Waals surface area contributed by atoms with Gasteiger partial charge < -0.3 is 24.6 Å². The zero-order chi connectivity index (χ0) is 31.6. The third-order valence-electron chi connectivity index (χ3n) is 8.21. The Bertz CT molecular complexity index is 1610. The van der Waals surface area contributed by atoms with Crippen molar-refractivity contribution in [2.24, 2.45) is 5.92 Å². The fourth-order valence-corrected chi connectivity index (χ4v) is 7.25. The summed E-state index contributed by atoms with van der Waals surface area (Å²) in [6.07, 6.45) is 1.61. The van der Waals surface area contributed by atoms with E-state index in [0.29, 0.717) is 51.9 Å². The standard InChI is InChI=1S/C32H42N4O7S/c1-21-17-22(20-37)5-12-27(21)29-18-24-8-11-26(19-28(24)33-29)44(40,41)34-25-9-6-23(7-10-25)30(38)35-13-15-36(16-14-35)43-31(39)42-32(2,3)4/h5,8,11-12,17-19,23,25,33-34,37H,6-7,9-10,13-16,20H2,1-4H3. The Labute approximate surface area is 258 Å². The average molecular weight is 627 g/mol. The van der Waals surface area contributed by atoms with Gasteiger partial charge >= 0.3 is 6.16 Å². The number of hydroxylamine groups is 2. The number of ether oxygens (including phenoxy) is 1. The van der Waals surface area contributed by atoms with Crippen LogP contribution in [-0.4, -0.2) is 78.4 Å². The Balaban J connectivity index is 1.13. The molecule has 2 fully saturated rings. The van der Waals surface area contributed by atoms with Crippen molar-refractivity contribution >= 4 is 33.0 Å². The van der Waals surface area contributed by atoms with Crippen molar-refractivity contribution in [1.82, 2.24) is 19.7 Å². The minimum Gasteiger partial charge on any atom is -0.427 e. The summed E-state index contributed by atoms with van der Waals surface area (Å²) in [4.78, 5) is 35.7. The van der Waals surface area contributed by atoms with Gasteiger partial charge in [-0.05, 0) is 82.7 Å². The molecular formula is C32H42N4O7S. The van der Waals surface area contributed by atoms with Gasteiger partial charge in [0.1, 0.15) is 5.60 Å². The number of carbonyl (C=O) groups excluding carboxylic acids is 2. The number of aromatic nitrogens is 1. The molecule has 3 aromatic rings. The van der Waals surface area contributed by atoms with Crippen LogP contribution in [0.25, 0.3) is 22.2 Å². The number of benzene rings is 2. The predicted octanol–water partition coefficient (Wildman–Crippen LogP) is 4.48. The maximum Gasteiger partial charge on any atom is 0.528 e. The lowest BCUT2D eigenvalue weighted by Crippen LogP contribution is -2.51. The van der Waals surface area contributed by atoms with Gasteiger partial charge in [0.05, 0.1) is 24.6 Å². The first kappa shape index (κ1) is 32.0. The Morgan fingerprint density at radius 3 is 2.34 bits per heavy atom. The molecule has 238 valence electrons. The largest absolute Gasteiger partial charge is 0.528 e. The van der Waals surface area contributed by atoms with Gasteiger partial charge in [0.2, 0.25) is 15.9 Å². The summed E-state index contributed by atoms with van der Waals surface area (Å²) in [5, 5.41) is 11.8. The number of piperazine rings is 1. The van der Waals surface area contributed by atoms with Crippen molar-refractivity contribution in [3.05, 3.63) is 53.6 Å². The minimum absolute atomic E-state index is 0.0220. The highest BCUT2D eigenvalue weighted by atomic mass is 32.2. The van der Waals surface area contributed by atoms with Crippen LogP contribution < -0.4 is 4.72 Å². The third kappa shape index (κ3) is 7.60. The lowest BCUT2D eigenvalue weighted by molar-refractivity contribution is -0.166. The topological polar surface area (TPSA) is 141 Å². The van der Waals surface area contributed by atoms with Crippen LogP contribution in [0.1, 0.15) is 57.6 Å². The van der Waals surface area contributed by atoms with Crippen LogP contribution in [0.3, 0.4) is 0 Å². The van der Waals surface area contributed by atoms with Crippen molar-refractivity contribution < 1.29 is 32.7 Å². The Morgan fingerprint density at radius 2 is 1.70 bits per heavy atom. The van der Waals surface area contributed by atoms with Crippen molar-refractivity contribution in [2.45, 2.75) is 76.5 Å². The van der Waals surface area contributed by atoms with Crippen LogP contribution in [0.15, 0.2) is 47.4 Å². The number of sulfonamides is 1. The number of nitrogens with one attached hydrogen (secondary N) is 2. The van der Waals surface area contributed by atoms with Crippen LogP contribution in [0.5, 0.6) is 0 Å². The normalized spacial score (nSPS) is 20.1. The second-order valence-electron chi connectivity index (χ2n) is 12.7. The highest BCUT2D eigenvalue weighted by Crippen LogP contribution is 2.30. The van der Waals surface area contributed by atoms with E-state index in [9.17, 15) is 23.1 Å². The molecule has 0 spiro atoms. The van der Waals surface area contributed by atoms with E-state index in [1.54, 1.807) is 43.9 Å². The summed E-state index contributed by atoms with van der Waals surface area (Å²) in [5.41, 5.74) is 3.80. The fourth-order valence-electron chi connectivity index (χ4n) is 5.92. The van der Waals surface area contributed by atoms with Gasteiger partial charge in [0.15, 0.2) is 0 Å². The molecule has 0 unspecified atom stereocenters. The zero-order valence-corrected chi connectivity index (χ0v) is 26.6. The van der Waals surface area contributed by atoms with Gasteiger partial charge in [-0.25, -0.2) is 17.9 Å². The van der Waals surface area contributed by atoms with E-state index >= 15 is 0 Å². The molecule has 1 saturated heterocycles. The van der Waals surface area contributed by atoms with Gasteiger partial charge in [0.25, 0.3) is 0 Å². The first-order chi connectivity index (χ1) is 20.8. The van der Waals surface area contributed by atoms with Gasteiger partial charge in [-0.3, -0.25) is 4.79 Å². The molecule has 1 aromatic heterocycles. The van der Waals surface area contributed by atoms with E-state index in [2.05, 4.69) is 9.71 Å². The number of aryl methyl sites for hydroxylation is 1. The van der Waals surface area contributed by atoms with E-state index in [-0.39, 0.29) is 29.4 Å². The molecule has 1 saturated carbocycles. The lowest BCUT2D eigenvalue weighted by Gasteiger charge is -2.37. The second kappa shape index (κ2) is 12.9. The first-order valence-corrected chi connectivity index (χ1v) is 16.6. The molecule has 11 nitrogen and oxygen atoms in total. The number of rotatable bonds is 7. The molecule has 12 heteroatoms. The van der Waals surface area contributed by atoms with Gasteiger partial charge in [-0.2, -0.15) is 0 Å². The Morgan fingerprint density at radius 1 is 1.00 bits per heavy atom. The molecular weight excluding hydrogens is 584 g/mol. The Hall–Kier alpha value is -3.45. The summed E-state index contributed by atoms with van der Waals surface area (Å²) in [5.74, 6) is -0.0878. The maximum absolute atomic E-state index is 13.3. The average Bonchev–Trinajstić information content (AvgIpc) is 3.39. The molecule has 2 aliphatic rings. The van der Waals surface area contributed by atoms with E-state index in [1.807, 2.05) is 31.2 Å². The summed E-state index contributed by atoms with van der Waals surface area (Å²) < 4.78 is 34.7. The predicted molar refractivity (Wildman–Crippen MR) is 166 cm³/mol. The van der Waals surface area contributed by atoms with E-state index in [4.69, 9.17) is 9.57 Å². The molecule has 0 bridgehead atoms. The molecule has 2 heterocycles. The number of aliphatic hydroxyl groups excluding tert-OH is 1. The zero-order valence-electron chi connectivity index (χ0n) is 25.8. The maximum atomic E-state index is 13.3. The van der Waals surface area contributed by atoms with E-state index in [1.165, 1.54) is 5.06 Å². The number of H-pyrrole nitrogens is 1. The van der Waals surface area contributed by atoms with Crippen molar-refractivity contribution in [3.63, 3.8) is 0 Å². The van der Waals surface area contributed by atoms with Gasteiger partial charge in [0, 0.05) is 47.2 Å². The highest BCUT2D eigenvalue weighted by molar-refractivity contribution is 7.89. The molecule has 44 heavy (non-hydrogen) atoms. The highest BCUT2D eigenvalue weighted by Gasteiger charge is 2.33. The molecule has 3 N–H and O–H groups in total. The molecule has 1 amide bonds. The third-order valence-corrected chi connectivity index (χ3v) is 9.73. The van der Waals surface area contributed by atoms with Crippen LogP contribution in [-0.2, 0) is 31.0 Å². The number of carbonyl (C=O) groups is 2. The van der Waals surface area contributed by atoms with Crippen LogP contribution >= 0.6 is 0 Å². The van der Waals surface area contributed by atoms with Crippen LogP contribution in [0, 0.1) is 12.8 Å². The minimum atomic E-state index is -3.76. The number of aromatic amines is 1. The van der Waals surface area contributed by atoms with Gasteiger partial charge in [-0.15, -0.1) is 5.06 Å². The number of nitrogens with zero attached hydrogens (tertiary/aromatic N) is 2. The van der Waals surface area contributed by atoms with Crippen molar-refractivity contribution in [2.75, 3.05) is 26.2 Å². The Kier molecular flexibility index (Phi) is 9.36. The van der Waals surface area contributed by atoms with Crippen molar-refractivity contribution in [3.8, 4) is 11.3 Å². The molecule has 1 aliphatic carbocycles. The van der Waals surface area contributed by atoms with Crippen molar-refractivity contribution in [1.29, 1.82) is 0 Å². The number of amides is 1. The summed E-state index contributed by atoms with van der Waals surface area (Å²) >= 11 is 0. The molecule has 5 rings (SSSR count). The summed E-state index contributed by atoms with van der Waals surface area (Å²) in [6.45, 7) is 8.97. The number of hydrogen-bond acceptors (Lipinski definition) is 8. The smallest absolute Gasteiger partial charge is 0.427 e. The quantitative estimate of drug-likeness (QED) is 0.326. The fraction of sp³-hybridized carbons (Fsp3) is 0.500. The second-order valence-corrected chi connectivity index (χ2v) is 14.4. The monoisotopic (exact) mass is 626 g/mol. The van der Waals surface area contributed by atoms with Gasteiger partial charge in [-0.1, -0.05) is 24.3 Å².